The molecule has 19 heavy (non-hydrogen) atoms. The number of hydrogen-bond donors (Lipinski definition) is 2. The van der Waals surface area contributed by atoms with Crippen LogP contribution in [0.4, 0.5) is 0 Å². The first kappa shape index (κ1) is 15.3. The number of nitrogens with one attached hydrogen (secondary N) is 1. The number of aliphatic hydroxyl groups excluding tert-OH is 1. The zero-order valence-electron chi connectivity index (χ0n) is 11.8. The summed E-state index contributed by atoms with van der Waals surface area (Å²) in [6, 6.07) is 3.81. The van der Waals surface area contributed by atoms with E-state index >= 15 is 0 Å². The van der Waals surface area contributed by atoms with Crippen molar-refractivity contribution in [1.82, 2.24) is 5.32 Å². The van der Waals surface area contributed by atoms with E-state index in [1.165, 1.54) is 6.92 Å². The molecule has 0 fully saturated rings. The maximum atomic E-state index is 11.2. The molecule has 1 aromatic rings. The van der Waals surface area contributed by atoms with E-state index in [0.29, 0.717) is 24.5 Å². The molecule has 106 valence electrons. The first-order valence-electron chi connectivity index (χ1n) is 6.16. The summed E-state index contributed by atoms with van der Waals surface area (Å²) < 4.78 is 10.5. The molecule has 5 heteroatoms. The predicted molar refractivity (Wildman–Crippen MR) is 72.7 cm³/mol. The standard InChI is InChI=1S/C14H21NO4/c1-9-7-12(18-3)13(19-4)8-11(9)5-6-15-14(17)10(2)16/h7-8,10,16H,5-6H2,1-4H3,(H,15,17). The Kier molecular flexibility index (Phi) is 5.63. The van der Waals surface area contributed by atoms with E-state index in [1.807, 2.05) is 19.1 Å². The van der Waals surface area contributed by atoms with Crippen LogP contribution in [-0.4, -0.2) is 37.9 Å². The largest absolute Gasteiger partial charge is 0.493 e. The Morgan fingerprint density at radius 3 is 2.42 bits per heavy atom. The molecule has 2 N–H and O–H groups in total. The third kappa shape index (κ3) is 4.13. The molecule has 1 aromatic carbocycles. The topological polar surface area (TPSA) is 67.8 Å². The van der Waals surface area contributed by atoms with Gasteiger partial charge in [0.2, 0.25) is 5.91 Å². The molecule has 5 nitrogen and oxygen atoms in total. The van der Waals surface area contributed by atoms with E-state index < -0.39 is 6.10 Å². The average Bonchev–Trinajstić information content (AvgIpc) is 2.39. The van der Waals surface area contributed by atoms with Gasteiger partial charge in [0.1, 0.15) is 6.10 Å². The summed E-state index contributed by atoms with van der Waals surface area (Å²) in [5, 5.41) is 11.7. The summed E-state index contributed by atoms with van der Waals surface area (Å²) in [6.45, 7) is 3.89. The van der Waals surface area contributed by atoms with Crippen LogP contribution in [0.3, 0.4) is 0 Å². The summed E-state index contributed by atoms with van der Waals surface area (Å²) in [7, 11) is 3.19. The van der Waals surface area contributed by atoms with Crippen LogP contribution in [-0.2, 0) is 11.2 Å². The lowest BCUT2D eigenvalue weighted by Gasteiger charge is -2.13. The highest BCUT2D eigenvalue weighted by molar-refractivity contribution is 5.79. The molecule has 0 aliphatic heterocycles. The summed E-state index contributed by atoms with van der Waals surface area (Å²) in [6.07, 6.45) is -0.309. The maximum absolute atomic E-state index is 11.2. The Hall–Kier alpha value is -1.75. The second-order valence-electron chi connectivity index (χ2n) is 4.35. The van der Waals surface area contributed by atoms with Crippen LogP contribution >= 0.6 is 0 Å². The molecule has 1 unspecified atom stereocenters. The molecule has 0 radical (unpaired) electrons. The molecular formula is C14H21NO4. The fourth-order valence-electron chi connectivity index (χ4n) is 1.76. The van der Waals surface area contributed by atoms with Crippen LogP contribution in [0.1, 0.15) is 18.1 Å². The number of carbonyl (C=O) groups is 1. The average molecular weight is 267 g/mol. The number of carbonyl (C=O) groups excluding carboxylic acids is 1. The first-order chi connectivity index (χ1) is 8.99. The van der Waals surface area contributed by atoms with Gasteiger partial charge in [-0.15, -0.1) is 0 Å². The van der Waals surface area contributed by atoms with Crippen molar-refractivity contribution in [3.05, 3.63) is 23.3 Å². The highest BCUT2D eigenvalue weighted by Gasteiger charge is 2.10. The van der Waals surface area contributed by atoms with E-state index in [2.05, 4.69) is 5.32 Å². The second kappa shape index (κ2) is 6.99. The third-order valence-electron chi connectivity index (χ3n) is 2.92. The minimum absolute atomic E-state index is 0.363. The van der Waals surface area contributed by atoms with E-state index in [9.17, 15) is 4.79 Å². The molecule has 0 saturated carbocycles. The van der Waals surface area contributed by atoms with Crippen molar-refractivity contribution in [3.63, 3.8) is 0 Å². The number of aryl methyl sites for hydroxylation is 1. The number of amides is 1. The van der Waals surface area contributed by atoms with Gasteiger partial charge in [0, 0.05) is 6.54 Å². The smallest absolute Gasteiger partial charge is 0.248 e. The molecule has 0 aromatic heterocycles. The maximum Gasteiger partial charge on any atom is 0.248 e. The normalized spacial score (nSPS) is 11.8. The molecule has 0 aliphatic rings. The molecular weight excluding hydrogens is 246 g/mol. The van der Waals surface area contributed by atoms with Crippen molar-refractivity contribution < 1.29 is 19.4 Å². The molecule has 0 saturated heterocycles. The van der Waals surface area contributed by atoms with Gasteiger partial charge in [-0.1, -0.05) is 0 Å². The lowest BCUT2D eigenvalue weighted by atomic mass is 10.0. The number of ether oxygens (including phenoxy) is 2. The van der Waals surface area contributed by atoms with E-state index in [-0.39, 0.29) is 5.91 Å². The van der Waals surface area contributed by atoms with Crippen molar-refractivity contribution in [2.45, 2.75) is 26.4 Å². The van der Waals surface area contributed by atoms with Crippen molar-refractivity contribution >= 4 is 5.91 Å². The number of hydrogen-bond acceptors (Lipinski definition) is 4. The fraction of sp³-hybridized carbons (Fsp3) is 0.500. The molecule has 0 aliphatic carbocycles. The summed E-state index contributed by atoms with van der Waals surface area (Å²) in [5.74, 6) is 1.000. The Morgan fingerprint density at radius 2 is 1.89 bits per heavy atom. The molecule has 0 spiro atoms. The van der Waals surface area contributed by atoms with Crippen LogP contribution in [0.5, 0.6) is 11.5 Å². The van der Waals surface area contributed by atoms with Gasteiger partial charge in [-0.2, -0.15) is 0 Å². The monoisotopic (exact) mass is 267 g/mol. The SMILES string of the molecule is COc1cc(C)c(CCNC(=O)C(C)O)cc1OC. The van der Waals surface area contributed by atoms with Gasteiger partial charge in [-0.05, 0) is 43.5 Å². The molecule has 1 rings (SSSR count). The predicted octanol–water partition coefficient (Wildman–Crippen LogP) is 1.05. The summed E-state index contributed by atoms with van der Waals surface area (Å²) in [5.41, 5.74) is 2.15. The quantitative estimate of drug-likeness (QED) is 0.808. The Balaban J connectivity index is 2.71. The van der Waals surface area contributed by atoms with Crippen LogP contribution in [0.25, 0.3) is 0 Å². The van der Waals surface area contributed by atoms with Crippen LogP contribution < -0.4 is 14.8 Å². The van der Waals surface area contributed by atoms with Gasteiger partial charge >= 0.3 is 0 Å². The molecule has 1 amide bonds. The zero-order valence-corrected chi connectivity index (χ0v) is 11.8. The van der Waals surface area contributed by atoms with Crippen LogP contribution in [0.2, 0.25) is 0 Å². The van der Waals surface area contributed by atoms with Crippen molar-refractivity contribution in [2.24, 2.45) is 0 Å². The Bertz CT molecular complexity index is 443. The number of methoxy groups -OCH3 is 2. The molecule has 0 heterocycles. The van der Waals surface area contributed by atoms with Gasteiger partial charge < -0.3 is 19.9 Å². The summed E-state index contributed by atoms with van der Waals surface area (Å²) >= 11 is 0. The third-order valence-corrected chi connectivity index (χ3v) is 2.92. The van der Waals surface area contributed by atoms with Gasteiger partial charge in [0.05, 0.1) is 14.2 Å². The van der Waals surface area contributed by atoms with Gasteiger partial charge in [0.25, 0.3) is 0 Å². The van der Waals surface area contributed by atoms with Crippen molar-refractivity contribution in [2.75, 3.05) is 20.8 Å². The lowest BCUT2D eigenvalue weighted by molar-refractivity contribution is -0.128. The van der Waals surface area contributed by atoms with E-state index in [1.54, 1.807) is 14.2 Å². The number of benzene rings is 1. The molecule has 1 atom stereocenters. The second-order valence-corrected chi connectivity index (χ2v) is 4.35. The summed E-state index contributed by atoms with van der Waals surface area (Å²) in [4.78, 5) is 11.2. The first-order valence-corrected chi connectivity index (χ1v) is 6.16. The van der Waals surface area contributed by atoms with Crippen molar-refractivity contribution in [3.8, 4) is 11.5 Å². The number of rotatable bonds is 6. The lowest BCUT2D eigenvalue weighted by Crippen LogP contribution is -2.33. The highest BCUT2D eigenvalue weighted by Crippen LogP contribution is 2.30. The molecule has 0 bridgehead atoms. The minimum Gasteiger partial charge on any atom is -0.493 e. The Morgan fingerprint density at radius 1 is 1.32 bits per heavy atom. The van der Waals surface area contributed by atoms with Crippen molar-refractivity contribution in [1.29, 1.82) is 0 Å². The van der Waals surface area contributed by atoms with Gasteiger partial charge in [0.15, 0.2) is 11.5 Å². The van der Waals surface area contributed by atoms with Crippen LogP contribution in [0, 0.1) is 6.92 Å². The van der Waals surface area contributed by atoms with E-state index in [0.717, 1.165) is 11.1 Å². The van der Waals surface area contributed by atoms with Gasteiger partial charge in [-0.25, -0.2) is 0 Å². The fourth-order valence-corrected chi connectivity index (χ4v) is 1.76. The Labute approximate surface area is 113 Å². The highest BCUT2D eigenvalue weighted by atomic mass is 16.5. The number of aliphatic hydroxyl groups is 1. The van der Waals surface area contributed by atoms with Gasteiger partial charge in [-0.3, -0.25) is 4.79 Å². The van der Waals surface area contributed by atoms with Crippen LogP contribution in [0.15, 0.2) is 12.1 Å². The minimum atomic E-state index is -0.980. The zero-order chi connectivity index (χ0) is 14.4. The van der Waals surface area contributed by atoms with E-state index in [4.69, 9.17) is 14.6 Å².